The minimum Gasteiger partial charge on any atom is -0.381 e. The van der Waals surface area contributed by atoms with Gasteiger partial charge in [-0.25, -0.2) is 0 Å². The number of primary amides is 1. The van der Waals surface area contributed by atoms with E-state index in [-0.39, 0.29) is 12.2 Å². The summed E-state index contributed by atoms with van der Waals surface area (Å²) in [6.07, 6.45) is -3.27. The predicted molar refractivity (Wildman–Crippen MR) is 79.7 cm³/mol. The van der Waals surface area contributed by atoms with E-state index in [4.69, 9.17) is 10.5 Å². The Hall–Kier alpha value is -2.09. The van der Waals surface area contributed by atoms with Crippen LogP contribution in [-0.2, 0) is 26.0 Å². The Balaban J connectivity index is 2.30. The smallest absolute Gasteiger partial charge is 0.381 e. The van der Waals surface area contributed by atoms with Crippen molar-refractivity contribution in [3.8, 4) is 0 Å². The number of hydrogen-bond donors (Lipinski definition) is 2. The van der Waals surface area contributed by atoms with Crippen LogP contribution >= 0.6 is 0 Å². The molecule has 24 heavy (non-hydrogen) atoms. The van der Waals surface area contributed by atoms with E-state index in [9.17, 15) is 22.8 Å². The van der Waals surface area contributed by atoms with Gasteiger partial charge >= 0.3 is 6.18 Å². The number of halogens is 3. The summed E-state index contributed by atoms with van der Waals surface area (Å²) in [4.78, 5) is 24.2. The van der Waals surface area contributed by atoms with Gasteiger partial charge in [0.15, 0.2) is 0 Å². The Labute approximate surface area is 137 Å². The number of hydrogen-bond acceptors (Lipinski definition) is 3. The van der Waals surface area contributed by atoms with Gasteiger partial charge in [-0.05, 0) is 37.5 Å². The maximum absolute atomic E-state index is 12.9. The van der Waals surface area contributed by atoms with Crippen molar-refractivity contribution in [2.75, 3.05) is 13.2 Å². The maximum atomic E-state index is 12.9. The van der Waals surface area contributed by atoms with Crippen molar-refractivity contribution in [2.24, 2.45) is 11.7 Å². The first-order chi connectivity index (χ1) is 11.1. The molecule has 0 unspecified atom stereocenters. The fourth-order valence-electron chi connectivity index (χ4n) is 2.58. The summed E-state index contributed by atoms with van der Waals surface area (Å²) in [5.41, 5.74) is 2.70. The van der Waals surface area contributed by atoms with Gasteiger partial charge in [0.05, 0.1) is 18.1 Å². The third kappa shape index (κ3) is 3.87. The normalized spacial score (nSPS) is 20.9. The van der Waals surface area contributed by atoms with E-state index in [0.29, 0.717) is 19.4 Å². The largest absolute Gasteiger partial charge is 0.416 e. The minimum atomic E-state index is -4.56. The standard InChI is InChI=1S/C16H19F3N2O3/c1-15(14(20)23,21-13(22)10-4-3-7-24-9-10)11-5-2-6-12(8-11)16(17,18)19/h2,5-6,8,10H,3-4,7,9H2,1H3,(H2,20,23)(H,21,22)/t10-,15-/m0/s1. The van der Waals surface area contributed by atoms with Gasteiger partial charge in [-0.1, -0.05) is 12.1 Å². The highest BCUT2D eigenvalue weighted by Gasteiger charge is 2.39. The molecule has 2 rings (SSSR count). The first-order valence-electron chi connectivity index (χ1n) is 7.52. The zero-order valence-electron chi connectivity index (χ0n) is 13.2. The molecule has 1 heterocycles. The Kier molecular flexibility index (Phi) is 5.17. The number of nitrogens with one attached hydrogen (secondary N) is 1. The van der Waals surface area contributed by atoms with Gasteiger partial charge in [0.2, 0.25) is 11.8 Å². The molecule has 0 radical (unpaired) electrons. The molecule has 0 aromatic heterocycles. The Morgan fingerprint density at radius 1 is 1.29 bits per heavy atom. The van der Waals surface area contributed by atoms with Gasteiger partial charge in [-0.2, -0.15) is 13.2 Å². The summed E-state index contributed by atoms with van der Waals surface area (Å²) in [5.74, 6) is -1.86. The Morgan fingerprint density at radius 3 is 2.50 bits per heavy atom. The molecule has 8 heteroatoms. The van der Waals surface area contributed by atoms with Gasteiger partial charge in [0.1, 0.15) is 5.54 Å². The maximum Gasteiger partial charge on any atom is 0.416 e. The van der Waals surface area contributed by atoms with Crippen molar-refractivity contribution < 1.29 is 27.5 Å². The summed E-state index contributed by atoms with van der Waals surface area (Å²) < 4.78 is 43.9. The second-order valence-electron chi connectivity index (χ2n) is 5.97. The molecule has 5 nitrogen and oxygen atoms in total. The van der Waals surface area contributed by atoms with Gasteiger partial charge in [0.25, 0.3) is 0 Å². The van der Waals surface area contributed by atoms with Crippen LogP contribution in [0.25, 0.3) is 0 Å². The van der Waals surface area contributed by atoms with Crippen molar-refractivity contribution in [1.82, 2.24) is 5.32 Å². The van der Waals surface area contributed by atoms with Crippen molar-refractivity contribution in [1.29, 1.82) is 0 Å². The predicted octanol–water partition coefficient (Wildman–Crippen LogP) is 1.95. The molecule has 1 aliphatic rings. The molecule has 1 saturated heterocycles. The average molecular weight is 344 g/mol. The van der Waals surface area contributed by atoms with E-state index in [1.165, 1.54) is 19.1 Å². The van der Waals surface area contributed by atoms with Crippen LogP contribution in [0.5, 0.6) is 0 Å². The summed E-state index contributed by atoms with van der Waals surface area (Å²) in [5, 5.41) is 2.50. The molecule has 0 spiro atoms. The molecule has 2 amide bonds. The number of nitrogens with two attached hydrogens (primary N) is 1. The molecule has 0 aliphatic carbocycles. The third-order valence-electron chi connectivity index (χ3n) is 4.16. The van der Waals surface area contributed by atoms with Crippen molar-refractivity contribution >= 4 is 11.8 Å². The summed E-state index contributed by atoms with van der Waals surface area (Å²) in [7, 11) is 0. The van der Waals surface area contributed by atoms with E-state index in [2.05, 4.69) is 5.32 Å². The van der Waals surface area contributed by atoms with Crippen molar-refractivity contribution in [3.63, 3.8) is 0 Å². The first kappa shape index (κ1) is 18.3. The molecule has 0 saturated carbocycles. The quantitative estimate of drug-likeness (QED) is 0.876. The fourth-order valence-corrected chi connectivity index (χ4v) is 2.58. The lowest BCUT2D eigenvalue weighted by molar-refractivity contribution is -0.138. The molecule has 1 aliphatic heterocycles. The van der Waals surface area contributed by atoms with E-state index in [1.54, 1.807) is 0 Å². The zero-order chi connectivity index (χ0) is 18.0. The number of amides is 2. The van der Waals surface area contributed by atoms with E-state index < -0.39 is 35.0 Å². The van der Waals surface area contributed by atoms with Gasteiger partial charge < -0.3 is 15.8 Å². The van der Waals surface area contributed by atoms with Crippen LogP contribution in [0.4, 0.5) is 13.2 Å². The first-order valence-corrected chi connectivity index (χ1v) is 7.52. The van der Waals surface area contributed by atoms with Crippen LogP contribution < -0.4 is 11.1 Å². The second-order valence-corrected chi connectivity index (χ2v) is 5.97. The van der Waals surface area contributed by atoms with Crippen LogP contribution in [0.3, 0.4) is 0 Å². The molecule has 132 valence electrons. The number of carbonyl (C=O) groups is 2. The van der Waals surface area contributed by atoms with Crippen LogP contribution in [-0.4, -0.2) is 25.0 Å². The lowest BCUT2D eigenvalue weighted by Crippen LogP contribution is -2.55. The molecular formula is C16H19F3N2O3. The number of ether oxygens (including phenoxy) is 1. The topological polar surface area (TPSA) is 81.4 Å². The SMILES string of the molecule is C[C@@](NC(=O)[C@H]1CCCOC1)(C(N)=O)c1cccc(C(F)(F)F)c1. The molecule has 3 N–H and O–H groups in total. The average Bonchev–Trinajstić information content (AvgIpc) is 2.54. The number of rotatable bonds is 4. The molecule has 1 aromatic rings. The molecule has 2 atom stereocenters. The van der Waals surface area contributed by atoms with E-state index >= 15 is 0 Å². The van der Waals surface area contributed by atoms with Crippen LogP contribution in [0.15, 0.2) is 24.3 Å². The number of alkyl halides is 3. The van der Waals surface area contributed by atoms with E-state index in [0.717, 1.165) is 12.1 Å². The number of benzene rings is 1. The fraction of sp³-hybridized carbons (Fsp3) is 0.500. The molecular weight excluding hydrogens is 325 g/mol. The van der Waals surface area contributed by atoms with Crippen molar-refractivity contribution in [2.45, 2.75) is 31.5 Å². The summed E-state index contributed by atoms with van der Waals surface area (Å²) in [6.45, 7) is 2.07. The molecule has 1 aromatic carbocycles. The molecule has 0 bridgehead atoms. The van der Waals surface area contributed by atoms with E-state index in [1.807, 2.05) is 0 Å². The highest BCUT2D eigenvalue weighted by Crippen LogP contribution is 2.32. The third-order valence-corrected chi connectivity index (χ3v) is 4.16. The summed E-state index contributed by atoms with van der Waals surface area (Å²) >= 11 is 0. The Bertz CT molecular complexity index is 627. The minimum absolute atomic E-state index is 0.0186. The highest BCUT2D eigenvalue weighted by molar-refractivity contribution is 5.92. The monoisotopic (exact) mass is 344 g/mol. The van der Waals surface area contributed by atoms with Gasteiger partial charge in [-0.3, -0.25) is 9.59 Å². The highest BCUT2D eigenvalue weighted by atomic mass is 19.4. The van der Waals surface area contributed by atoms with Crippen molar-refractivity contribution in [3.05, 3.63) is 35.4 Å². The Morgan fingerprint density at radius 2 is 1.96 bits per heavy atom. The van der Waals surface area contributed by atoms with Gasteiger partial charge in [-0.15, -0.1) is 0 Å². The van der Waals surface area contributed by atoms with Crippen LogP contribution in [0.2, 0.25) is 0 Å². The number of carbonyl (C=O) groups excluding carboxylic acids is 2. The van der Waals surface area contributed by atoms with Gasteiger partial charge in [0, 0.05) is 6.61 Å². The lowest BCUT2D eigenvalue weighted by Gasteiger charge is -2.31. The summed E-state index contributed by atoms with van der Waals surface area (Å²) in [6, 6.07) is 4.22. The van der Waals surface area contributed by atoms with Crippen LogP contribution in [0.1, 0.15) is 30.9 Å². The second kappa shape index (κ2) is 6.80. The lowest BCUT2D eigenvalue weighted by atomic mass is 9.88. The zero-order valence-corrected chi connectivity index (χ0v) is 13.2. The molecule has 1 fully saturated rings. The van der Waals surface area contributed by atoms with Crippen LogP contribution in [0, 0.1) is 5.92 Å².